The maximum Gasteiger partial charge on any atom is 0.338 e. The third-order valence-electron chi connectivity index (χ3n) is 6.09. The number of sulfone groups is 1. The van der Waals surface area contributed by atoms with Gasteiger partial charge >= 0.3 is 5.97 Å². The van der Waals surface area contributed by atoms with Gasteiger partial charge in [0.1, 0.15) is 11.3 Å². The van der Waals surface area contributed by atoms with Gasteiger partial charge in [-0.25, -0.2) is 27.0 Å². The number of anilines is 2. The van der Waals surface area contributed by atoms with Crippen molar-refractivity contribution in [3.05, 3.63) is 75.5 Å². The van der Waals surface area contributed by atoms with E-state index in [-0.39, 0.29) is 29.0 Å². The number of aromatic nitrogens is 3. The number of pyridine rings is 2. The van der Waals surface area contributed by atoms with Crippen LogP contribution < -0.4 is 10.5 Å². The molecule has 0 amide bonds. The van der Waals surface area contributed by atoms with E-state index in [2.05, 4.69) is 9.97 Å². The number of rotatable bonds is 4. The molecular formula is C24H20F2N4O5S. The van der Waals surface area contributed by atoms with Crippen molar-refractivity contribution in [2.45, 2.75) is 12.3 Å². The highest BCUT2D eigenvalue weighted by Crippen LogP contribution is 2.45. The number of halogens is 2. The molecule has 0 fully saturated rings. The molecule has 1 aromatic carbocycles. The average Bonchev–Trinajstić information content (AvgIpc) is 3.17. The van der Waals surface area contributed by atoms with Crippen LogP contribution in [0.15, 0.2) is 41.6 Å². The number of esters is 1. The Hall–Kier alpha value is -4.06. The summed E-state index contributed by atoms with van der Waals surface area (Å²) >= 11 is 0. The van der Waals surface area contributed by atoms with Crippen molar-refractivity contribution in [3.8, 4) is 11.1 Å². The minimum atomic E-state index is -3.57. The first-order valence-electron chi connectivity index (χ1n) is 10.7. The molecule has 4 heterocycles. The number of fused-ring (bicyclic) bond motifs is 2. The van der Waals surface area contributed by atoms with Crippen molar-refractivity contribution in [1.82, 2.24) is 14.5 Å². The zero-order chi connectivity index (χ0) is 25.9. The summed E-state index contributed by atoms with van der Waals surface area (Å²) in [5.74, 6) is -3.24. The second-order valence-corrected chi connectivity index (χ2v) is 10.8. The fourth-order valence-electron chi connectivity index (χ4n) is 4.59. The molecule has 36 heavy (non-hydrogen) atoms. The Balaban J connectivity index is 1.91. The number of methoxy groups -OCH3 is 1. The number of hydrogen-bond donors (Lipinski definition) is 1. The van der Waals surface area contributed by atoms with Crippen molar-refractivity contribution >= 4 is 38.2 Å². The van der Waals surface area contributed by atoms with Crippen LogP contribution >= 0.6 is 0 Å². The van der Waals surface area contributed by atoms with E-state index in [0.717, 1.165) is 12.5 Å². The Bertz CT molecular complexity index is 1740. The van der Waals surface area contributed by atoms with E-state index < -0.39 is 33.2 Å². The monoisotopic (exact) mass is 514 g/mol. The quantitative estimate of drug-likeness (QED) is 0.416. The van der Waals surface area contributed by atoms with Gasteiger partial charge in [-0.15, -0.1) is 0 Å². The van der Waals surface area contributed by atoms with Crippen LogP contribution in [0.25, 0.3) is 22.0 Å². The zero-order valence-corrected chi connectivity index (χ0v) is 20.2. The van der Waals surface area contributed by atoms with Gasteiger partial charge in [0, 0.05) is 48.3 Å². The van der Waals surface area contributed by atoms with E-state index >= 15 is 0 Å². The van der Waals surface area contributed by atoms with Crippen LogP contribution in [0.4, 0.5) is 20.3 Å². The lowest BCUT2D eigenvalue weighted by atomic mass is 9.96. The van der Waals surface area contributed by atoms with Gasteiger partial charge in [0.05, 0.1) is 36.9 Å². The summed E-state index contributed by atoms with van der Waals surface area (Å²) in [5, 5.41) is 0.570. The normalized spacial score (nSPS) is 13.0. The minimum Gasteiger partial charge on any atom is -0.465 e. The number of aryl methyl sites for hydroxylation is 1. The van der Waals surface area contributed by atoms with Gasteiger partial charge in [-0.2, -0.15) is 0 Å². The first-order chi connectivity index (χ1) is 17.0. The summed E-state index contributed by atoms with van der Waals surface area (Å²) < 4.78 is 59.3. The minimum absolute atomic E-state index is 0.0226. The molecule has 1 aliphatic rings. The highest BCUT2D eigenvalue weighted by molar-refractivity contribution is 7.89. The highest BCUT2D eigenvalue weighted by Gasteiger charge is 2.30. The van der Waals surface area contributed by atoms with Crippen molar-refractivity contribution in [2.24, 2.45) is 7.05 Å². The lowest BCUT2D eigenvalue weighted by Crippen LogP contribution is -2.20. The maximum absolute atomic E-state index is 15.0. The first kappa shape index (κ1) is 23.7. The summed E-state index contributed by atoms with van der Waals surface area (Å²) in [6.45, 7) is 0.0226. The number of ether oxygens (including phenoxy) is 1. The number of nitrogens with one attached hydrogen (secondary N) is 1. The van der Waals surface area contributed by atoms with Gasteiger partial charge in [0.25, 0.3) is 5.56 Å². The van der Waals surface area contributed by atoms with E-state index in [0.29, 0.717) is 39.3 Å². The van der Waals surface area contributed by atoms with Crippen molar-refractivity contribution in [3.63, 3.8) is 0 Å². The van der Waals surface area contributed by atoms with E-state index in [1.54, 1.807) is 19.4 Å². The van der Waals surface area contributed by atoms with Crippen LogP contribution in [0.2, 0.25) is 0 Å². The predicted molar refractivity (Wildman–Crippen MR) is 129 cm³/mol. The summed E-state index contributed by atoms with van der Waals surface area (Å²) in [7, 11) is -0.829. The van der Waals surface area contributed by atoms with Crippen molar-refractivity contribution in [1.29, 1.82) is 0 Å². The third-order valence-corrected chi connectivity index (χ3v) is 6.92. The van der Waals surface area contributed by atoms with E-state index in [1.165, 1.54) is 28.7 Å². The topological polar surface area (TPSA) is 114 Å². The Morgan fingerprint density at radius 3 is 2.64 bits per heavy atom. The van der Waals surface area contributed by atoms with E-state index in [9.17, 15) is 26.8 Å². The van der Waals surface area contributed by atoms with Crippen LogP contribution in [0, 0.1) is 11.6 Å². The first-order valence-corrected chi connectivity index (χ1v) is 12.8. The molecular weight excluding hydrogens is 494 g/mol. The number of aromatic amines is 1. The SMILES string of the molecule is COC(=O)c1cc2c(cc1CS(C)(=O)=O)-c1cn(C)c(=O)c3[nH]cc(c13)CN2c1ncc(F)cc1F. The fourth-order valence-corrected chi connectivity index (χ4v) is 5.39. The molecule has 4 aromatic rings. The van der Waals surface area contributed by atoms with Gasteiger partial charge in [0.2, 0.25) is 0 Å². The summed E-state index contributed by atoms with van der Waals surface area (Å²) in [6, 6.07) is 3.64. The molecule has 0 bridgehead atoms. The van der Waals surface area contributed by atoms with Crippen molar-refractivity contribution in [2.75, 3.05) is 18.3 Å². The lowest BCUT2D eigenvalue weighted by molar-refractivity contribution is 0.0600. The number of nitrogens with zero attached hydrogens (tertiary/aromatic N) is 3. The van der Waals surface area contributed by atoms with Gasteiger partial charge < -0.3 is 19.2 Å². The molecule has 0 aliphatic carbocycles. The Morgan fingerprint density at radius 2 is 1.97 bits per heavy atom. The second-order valence-electron chi connectivity index (χ2n) is 8.66. The lowest BCUT2D eigenvalue weighted by Gasteiger charge is -2.26. The predicted octanol–water partition coefficient (Wildman–Crippen LogP) is 3.19. The number of carbonyl (C=O) groups excluding carboxylic acids is 1. The second kappa shape index (κ2) is 8.26. The van der Waals surface area contributed by atoms with E-state index in [1.807, 2.05) is 0 Å². The molecule has 186 valence electrons. The van der Waals surface area contributed by atoms with Gasteiger partial charge in [-0.05, 0) is 23.3 Å². The number of carbonyl (C=O) groups is 1. The highest BCUT2D eigenvalue weighted by atomic mass is 32.2. The van der Waals surface area contributed by atoms with Crippen LogP contribution in [0.5, 0.6) is 0 Å². The number of H-pyrrole nitrogens is 1. The molecule has 0 unspecified atom stereocenters. The molecule has 12 heteroatoms. The number of benzene rings is 1. The van der Waals surface area contributed by atoms with Gasteiger partial charge in [0.15, 0.2) is 21.5 Å². The zero-order valence-electron chi connectivity index (χ0n) is 19.4. The largest absolute Gasteiger partial charge is 0.465 e. The molecule has 3 aromatic heterocycles. The third kappa shape index (κ3) is 3.83. The molecule has 1 aliphatic heterocycles. The van der Waals surface area contributed by atoms with Crippen LogP contribution in [0.3, 0.4) is 0 Å². The Kier molecular flexibility index (Phi) is 5.43. The van der Waals surface area contributed by atoms with Crippen LogP contribution in [-0.2, 0) is 33.9 Å². The maximum atomic E-state index is 15.0. The van der Waals surface area contributed by atoms with Crippen LogP contribution in [-0.4, -0.2) is 42.3 Å². The van der Waals surface area contributed by atoms with Gasteiger partial charge in [-0.3, -0.25) is 4.79 Å². The summed E-state index contributed by atoms with van der Waals surface area (Å²) in [4.78, 5) is 33.9. The smallest absolute Gasteiger partial charge is 0.338 e. The molecule has 1 N–H and O–H groups in total. The molecule has 0 radical (unpaired) electrons. The summed E-state index contributed by atoms with van der Waals surface area (Å²) in [5.41, 5.74) is 2.11. The molecule has 9 nitrogen and oxygen atoms in total. The molecule has 5 rings (SSSR count). The molecule has 0 saturated carbocycles. The average molecular weight is 515 g/mol. The van der Waals surface area contributed by atoms with Crippen molar-refractivity contribution < 1.29 is 26.7 Å². The Labute approximate surface area is 203 Å². The standard InChI is InChI=1S/C24H20F2N4O5S/c1-29-10-17-16-4-12(11-36(3,33)34)15(24(32)35-2)6-19(16)30(22-18(26)5-14(25)8-28-22)9-13-7-27-21(20(13)17)23(29)31/h4-8,10,27H,9,11H2,1-3H3. The molecule has 0 saturated heterocycles. The Morgan fingerprint density at radius 1 is 1.22 bits per heavy atom. The van der Waals surface area contributed by atoms with Crippen LogP contribution in [0.1, 0.15) is 21.5 Å². The summed E-state index contributed by atoms with van der Waals surface area (Å²) in [6.07, 6.45) is 5.13. The number of hydrogen-bond acceptors (Lipinski definition) is 7. The van der Waals surface area contributed by atoms with E-state index in [4.69, 9.17) is 4.74 Å². The van der Waals surface area contributed by atoms with Gasteiger partial charge in [-0.1, -0.05) is 0 Å². The molecule has 0 spiro atoms. The molecule has 0 atom stereocenters. The fraction of sp³-hybridized carbons (Fsp3) is 0.208.